The minimum absolute atomic E-state index is 0.0977. The van der Waals surface area contributed by atoms with Crippen LogP contribution < -0.4 is 10.1 Å². The van der Waals surface area contributed by atoms with Gasteiger partial charge in [0.15, 0.2) is 6.61 Å². The van der Waals surface area contributed by atoms with E-state index in [2.05, 4.69) is 10.3 Å². The van der Waals surface area contributed by atoms with Crippen molar-refractivity contribution < 1.29 is 27.1 Å². The monoisotopic (exact) mass is 396 g/mol. The van der Waals surface area contributed by atoms with E-state index < -0.39 is 18.3 Å². The van der Waals surface area contributed by atoms with Crippen molar-refractivity contribution >= 4 is 5.91 Å². The lowest BCUT2D eigenvalue weighted by atomic mass is 9.97. The molecule has 1 amide bonds. The molecule has 1 aromatic carbocycles. The maximum absolute atomic E-state index is 13.0. The van der Waals surface area contributed by atoms with Crippen molar-refractivity contribution in [2.45, 2.75) is 43.8 Å². The summed E-state index contributed by atoms with van der Waals surface area (Å²) in [5.74, 6) is -0.739. The molecule has 2 aromatic rings. The van der Waals surface area contributed by atoms with E-state index in [9.17, 15) is 22.4 Å². The smallest absolute Gasteiger partial charge is 0.422 e. The van der Waals surface area contributed by atoms with E-state index in [1.165, 1.54) is 24.4 Å². The van der Waals surface area contributed by atoms with Crippen molar-refractivity contribution in [2.75, 3.05) is 6.61 Å². The van der Waals surface area contributed by atoms with E-state index >= 15 is 0 Å². The van der Waals surface area contributed by atoms with Crippen molar-refractivity contribution in [3.63, 3.8) is 0 Å². The van der Waals surface area contributed by atoms with Gasteiger partial charge in [-0.2, -0.15) is 13.2 Å². The quantitative estimate of drug-likeness (QED) is 0.703. The lowest BCUT2D eigenvalue weighted by Crippen LogP contribution is -2.35. The van der Waals surface area contributed by atoms with Gasteiger partial charge in [0.2, 0.25) is 11.8 Å². The summed E-state index contributed by atoms with van der Waals surface area (Å²) in [7, 11) is 0. The molecular weight excluding hydrogens is 376 g/mol. The summed E-state index contributed by atoms with van der Waals surface area (Å²) in [5, 5.41) is 2.98. The number of amides is 1. The maximum atomic E-state index is 13.0. The van der Waals surface area contributed by atoms with Crippen LogP contribution in [-0.2, 0) is 10.3 Å². The van der Waals surface area contributed by atoms with Gasteiger partial charge >= 0.3 is 6.18 Å². The first-order valence-corrected chi connectivity index (χ1v) is 8.89. The molecule has 1 N–H and O–H groups in total. The lowest BCUT2D eigenvalue weighted by molar-refractivity contribution is -0.154. The van der Waals surface area contributed by atoms with Crippen LogP contribution in [0, 0.1) is 5.82 Å². The zero-order chi connectivity index (χ0) is 20.4. The molecule has 8 heteroatoms. The molecule has 0 radical (unpaired) electrons. The van der Waals surface area contributed by atoms with Crippen LogP contribution in [0.3, 0.4) is 0 Å². The number of nitrogens with zero attached hydrogens (tertiary/aromatic N) is 1. The summed E-state index contributed by atoms with van der Waals surface area (Å²) in [6.07, 6.45) is -1.48. The molecule has 0 spiro atoms. The highest BCUT2D eigenvalue weighted by molar-refractivity contribution is 5.78. The fourth-order valence-corrected chi connectivity index (χ4v) is 3.06. The van der Waals surface area contributed by atoms with Gasteiger partial charge in [0.1, 0.15) is 5.82 Å². The Kier molecular flexibility index (Phi) is 5.58. The second-order valence-electron chi connectivity index (χ2n) is 7.07. The number of halogens is 4. The number of carbonyl (C=O) groups excluding carboxylic acids is 1. The van der Waals surface area contributed by atoms with Crippen LogP contribution in [0.5, 0.6) is 5.88 Å². The molecule has 1 aromatic heterocycles. The zero-order valence-corrected chi connectivity index (χ0v) is 15.2. The number of ether oxygens (including phenoxy) is 1. The van der Waals surface area contributed by atoms with Gasteiger partial charge in [0.25, 0.3) is 0 Å². The van der Waals surface area contributed by atoms with Crippen LogP contribution in [0.4, 0.5) is 17.6 Å². The van der Waals surface area contributed by atoms with Crippen LogP contribution in [0.15, 0.2) is 42.6 Å². The number of nitrogens with one attached hydrogen (secondary N) is 1. The number of carbonyl (C=O) groups is 1. The minimum atomic E-state index is -4.44. The highest BCUT2D eigenvalue weighted by atomic mass is 19.4. The maximum Gasteiger partial charge on any atom is 0.422 e. The summed E-state index contributed by atoms with van der Waals surface area (Å²) in [6.45, 7) is 0.458. The van der Waals surface area contributed by atoms with Gasteiger partial charge in [-0.25, -0.2) is 9.37 Å². The van der Waals surface area contributed by atoms with Gasteiger partial charge in [-0.15, -0.1) is 0 Å². The molecule has 3 rings (SSSR count). The Labute approximate surface area is 159 Å². The van der Waals surface area contributed by atoms with E-state index in [1.54, 1.807) is 18.2 Å². The topological polar surface area (TPSA) is 51.2 Å². The van der Waals surface area contributed by atoms with Crippen LogP contribution in [0.2, 0.25) is 0 Å². The first-order chi connectivity index (χ1) is 13.2. The molecule has 1 heterocycles. The Morgan fingerprint density at radius 2 is 1.93 bits per heavy atom. The number of pyridine rings is 1. The number of rotatable bonds is 7. The second kappa shape index (κ2) is 7.77. The molecular formula is C20H20F4N2O2. The Hall–Kier alpha value is -2.64. The fourth-order valence-electron chi connectivity index (χ4n) is 3.06. The molecule has 28 heavy (non-hydrogen) atoms. The van der Waals surface area contributed by atoms with Crippen molar-refractivity contribution in [1.82, 2.24) is 10.3 Å². The molecule has 0 bridgehead atoms. The van der Waals surface area contributed by atoms with Crippen molar-refractivity contribution in [2.24, 2.45) is 0 Å². The summed E-state index contributed by atoms with van der Waals surface area (Å²) < 4.78 is 54.7. The third-order valence-electron chi connectivity index (χ3n) is 4.73. The largest absolute Gasteiger partial charge is 0.468 e. The summed E-state index contributed by atoms with van der Waals surface area (Å²) in [5.41, 5.74) is 0.925. The third kappa shape index (κ3) is 5.21. The van der Waals surface area contributed by atoms with Crippen molar-refractivity contribution in [3.05, 3.63) is 59.5 Å². The first kappa shape index (κ1) is 20.1. The van der Waals surface area contributed by atoms with Crippen LogP contribution >= 0.6 is 0 Å². The van der Waals surface area contributed by atoms with Crippen LogP contribution in [0.25, 0.3) is 0 Å². The Balaban J connectivity index is 1.62. The number of hydrogen-bond acceptors (Lipinski definition) is 3. The number of aromatic nitrogens is 1. The minimum Gasteiger partial charge on any atom is -0.468 e. The molecule has 1 unspecified atom stereocenters. The fraction of sp³-hybridized carbons (Fsp3) is 0.400. The molecule has 1 saturated carbocycles. The van der Waals surface area contributed by atoms with Gasteiger partial charge in [0.05, 0.1) is 5.54 Å². The van der Waals surface area contributed by atoms with Crippen LogP contribution in [0.1, 0.15) is 43.2 Å². The first-order valence-electron chi connectivity index (χ1n) is 8.89. The molecule has 0 saturated heterocycles. The standard InChI is InChI=1S/C20H20F4N2O2/c1-13(14-2-4-16(21)5-3-14)10-17(27)26-19(7-8-19)15-6-9-25-18(11-15)28-12-20(22,23)24/h2-6,9,11,13H,7-8,10,12H2,1H3,(H,26,27). The molecule has 0 aliphatic heterocycles. The van der Waals surface area contributed by atoms with Gasteiger partial charge in [-0.05, 0) is 48.1 Å². The second-order valence-corrected chi connectivity index (χ2v) is 7.07. The SMILES string of the molecule is CC(CC(=O)NC1(c2ccnc(OCC(F)(F)F)c2)CC1)c1ccc(F)cc1. The van der Waals surface area contributed by atoms with Gasteiger partial charge < -0.3 is 10.1 Å². The van der Waals surface area contributed by atoms with Gasteiger partial charge in [-0.1, -0.05) is 19.1 Å². The van der Waals surface area contributed by atoms with E-state index in [-0.39, 0.29) is 29.9 Å². The Bertz CT molecular complexity index is 833. The highest BCUT2D eigenvalue weighted by Gasteiger charge is 2.46. The molecule has 1 atom stereocenters. The third-order valence-corrected chi connectivity index (χ3v) is 4.73. The predicted molar refractivity (Wildman–Crippen MR) is 94.3 cm³/mol. The van der Waals surface area contributed by atoms with Gasteiger partial charge in [0, 0.05) is 18.7 Å². The summed E-state index contributed by atoms with van der Waals surface area (Å²) in [6, 6.07) is 9.09. The van der Waals surface area contributed by atoms with E-state index in [0.717, 1.165) is 5.56 Å². The predicted octanol–water partition coefficient (Wildman–Crippen LogP) is 4.46. The highest BCUT2D eigenvalue weighted by Crippen LogP contribution is 2.46. The Morgan fingerprint density at radius 1 is 1.25 bits per heavy atom. The molecule has 4 nitrogen and oxygen atoms in total. The summed E-state index contributed by atoms with van der Waals surface area (Å²) >= 11 is 0. The summed E-state index contributed by atoms with van der Waals surface area (Å²) in [4.78, 5) is 16.3. The van der Waals surface area contributed by atoms with Crippen molar-refractivity contribution in [1.29, 1.82) is 0 Å². The van der Waals surface area contributed by atoms with Crippen molar-refractivity contribution in [3.8, 4) is 5.88 Å². The average Bonchev–Trinajstić information content (AvgIpc) is 3.40. The zero-order valence-electron chi connectivity index (χ0n) is 15.2. The normalized spacial score (nSPS) is 16.3. The lowest BCUT2D eigenvalue weighted by Gasteiger charge is -2.20. The van der Waals surface area contributed by atoms with E-state index in [0.29, 0.717) is 18.4 Å². The van der Waals surface area contributed by atoms with Gasteiger partial charge in [-0.3, -0.25) is 4.79 Å². The molecule has 1 aliphatic rings. The molecule has 150 valence electrons. The number of hydrogen-bond donors (Lipinski definition) is 1. The van der Waals surface area contributed by atoms with E-state index in [1.807, 2.05) is 6.92 Å². The number of benzene rings is 1. The van der Waals surface area contributed by atoms with E-state index in [4.69, 9.17) is 4.74 Å². The molecule has 1 aliphatic carbocycles. The average molecular weight is 396 g/mol. The van der Waals surface area contributed by atoms with Crippen LogP contribution in [-0.4, -0.2) is 23.7 Å². The molecule has 1 fully saturated rings. The number of alkyl halides is 3. The Morgan fingerprint density at radius 3 is 2.54 bits per heavy atom.